The summed E-state index contributed by atoms with van der Waals surface area (Å²) >= 11 is 1.27. The molecule has 0 bridgehead atoms. The number of hydrogen-bond acceptors (Lipinski definition) is 4. The molecule has 6 nitrogen and oxygen atoms in total. The zero-order chi connectivity index (χ0) is 16.6. The first-order valence-corrected chi connectivity index (χ1v) is 8.09. The normalized spacial score (nSPS) is 19.9. The van der Waals surface area contributed by atoms with E-state index in [-0.39, 0.29) is 11.8 Å². The van der Waals surface area contributed by atoms with E-state index in [0.717, 1.165) is 22.0 Å². The fraction of sp³-hybridized carbons (Fsp3) is 0.312. The Kier molecular flexibility index (Phi) is 3.89. The van der Waals surface area contributed by atoms with Crippen molar-refractivity contribution in [2.45, 2.75) is 30.0 Å². The summed E-state index contributed by atoms with van der Waals surface area (Å²) in [6.07, 6.45) is 0. The standard InChI is InChI=1S/C16H18N4O2S/c1-10-8-11(19-20(10)3)9-17-14(21)16(2)15(22)18-12-6-4-5-7-13(12)23-16/h4-8H,9H2,1-3H3,(H,17,21)(H,18,22). The van der Waals surface area contributed by atoms with Crippen molar-refractivity contribution < 1.29 is 9.59 Å². The van der Waals surface area contributed by atoms with Gasteiger partial charge in [0.25, 0.3) is 0 Å². The number of thioether (sulfide) groups is 1. The third-order valence-corrected chi connectivity index (χ3v) is 5.27. The number of hydrogen-bond donors (Lipinski definition) is 2. The van der Waals surface area contributed by atoms with Gasteiger partial charge in [-0.2, -0.15) is 5.10 Å². The number of rotatable bonds is 3. The second-order valence-corrected chi connectivity index (χ2v) is 7.13. The van der Waals surface area contributed by atoms with Crippen LogP contribution in [0.4, 0.5) is 5.69 Å². The summed E-state index contributed by atoms with van der Waals surface area (Å²) < 4.78 is 0.555. The largest absolute Gasteiger partial charge is 0.349 e. The van der Waals surface area contributed by atoms with Crippen LogP contribution in [0, 0.1) is 6.92 Å². The number of nitrogens with one attached hydrogen (secondary N) is 2. The van der Waals surface area contributed by atoms with Crippen LogP contribution in [0.5, 0.6) is 0 Å². The van der Waals surface area contributed by atoms with Gasteiger partial charge in [-0.05, 0) is 32.0 Å². The number of anilines is 1. The lowest BCUT2D eigenvalue weighted by Gasteiger charge is -2.31. The van der Waals surface area contributed by atoms with Crippen LogP contribution in [0.15, 0.2) is 35.2 Å². The third-order valence-electron chi connectivity index (χ3n) is 3.91. The van der Waals surface area contributed by atoms with Gasteiger partial charge >= 0.3 is 0 Å². The highest BCUT2D eigenvalue weighted by Gasteiger charge is 2.45. The minimum Gasteiger partial charge on any atom is -0.349 e. The molecular weight excluding hydrogens is 312 g/mol. The number of carbonyl (C=O) groups excluding carboxylic acids is 2. The highest BCUT2D eigenvalue weighted by Crippen LogP contribution is 2.42. The fourth-order valence-corrected chi connectivity index (χ4v) is 3.50. The fourth-order valence-electron chi connectivity index (χ4n) is 2.38. The number of benzene rings is 1. The number of carbonyl (C=O) groups is 2. The van der Waals surface area contributed by atoms with E-state index < -0.39 is 4.75 Å². The van der Waals surface area contributed by atoms with Gasteiger partial charge in [0, 0.05) is 17.6 Å². The summed E-state index contributed by atoms with van der Waals surface area (Å²) in [7, 11) is 1.85. The highest BCUT2D eigenvalue weighted by molar-refractivity contribution is 8.02. The molecule has 3 rings (SSSR count). The van der Waals surface area contributed by atoms with Crippen LogP contribution < -0.4 is 10.6 Å². The van der Waals surface area contributed by atoms with Crippen molar-refractivity contribution in [2.75, 3.05) is 5.32 Å². The topological polar surface area (TPSA) is 76.0 Å². The number of para-hydroxylation sites is 1. The molecule has 7 heteroatoms. The summed E-state index contributed by atoms with van der Waals surface area (Å²) in [6, 6.07) is 9.37. The molecule has 23 heavy (non-hydrogen) atoms. The molecule has 0 fully saturated rings. The molecule has 0 saturated carbocycles. The minimum atomic E-state index is -1.20. The molecule has 2 amide bonds. The molecule has 2 aromatic rings. The Morgan fingerprint density at radius 1 is 1.43 bits per heavy atom. The lowest BCUT2D eigenvalue weighted by Crippen LogP contribution is -2.51. The van der Waals surface area contributed by atoms with Crippen molar-refractivity contribution >= 4 is 29.3 Å². The van der Waals surface area contributed by atoms with Gasteiger partial charge in [-0.1, -0.05) is 23.9 Å². The van der Waals surface area contributed by atoms with Crippen LogP contribution in [0.3, 0.4) is 0 Å². The molecule has 1 aliphatic rings. The minimum absolute atomic E-state index is 0.297. The smallest absolute Gasteiger partial charge is 0.250 e. The molecule has 0 saturated heterocycles. The number of aromatic nitrogens is 2. The van der Waals surface area contributed by atoms with Gasteiger partial charge in [0.05, 0.1) is 17.9 Å². The lowest BCUT2D eigenvalue weighted by atomic mass is 10.1. The van der Waals surface area contributed by atoms with Gasteiger partial charge in [-0.3, -0.25) is 14.3 Å². The Morgan fingerprint density at radius 2 is 2.17 bits per heavy atom. The predicted molar refractivity (Wildman–Crippen MR) is 89.1 cm³/mol. The first kappa shape index (κ1) is 15.6. The molecule has 1 atom stereocenters. The van der Waals surface area contributed by atoms with E-state index in [4.69, 9.17) is 0 Å². The van der Waals surface area contributed by atoms with Crippen LogP contribution in [0.25, 0.3) is 0 Å². The maximum Gasteiger partial charge on any atom is 0.250 e. The maximum absolute atomic E-state index is 12.6. The molecule has 1 aliphatic heterocycles. The van der Waals surface area contributed by atoms with Crippen LogP contribution >= 0.6 is 11.8 Å². The van der Waals surface area contributed by atoms with E-state index in [0.29, 0.717) is 6.54 Å². The monoisotopic (exact) mass is 330 g/mol. The number of aryl methyl sites for hydroxylation is 2. The average Bonchev–Trinajstić information content (AvgIpc) is 2.84. The summed E-state index contributed by atoms with van der Waals surface area (Å²) in [5.41, 5.74) is 2.52. The van der Waals surface area contributed by atoms with Gasteiger partial charge < -0.3 is 10.6 Å². The van der Waals surface area contributed by atoms with Crippen molar-refractivity contribution in [2.24, 2.45) is 7.05 Å². The Bertz CT molecular complexity index is 767. The lowest BCUT2D eigenvalue weighted by molar-refractivity contribution is -0.130. The molecule has 1 aromatic heterocycles. The Labute approximate surface area is 138 Å². The Morgan fingerprint density at radius 3 is 2.87 bits per heavy atom. The van der Waals surface area contributed by atoms with Gasteiger partial charge in [-0.15, -0.1) is 0 Å². The zero-order valence-electron chi connectivity index (χ0n) is 13.2. The SMILES string of the molecule is Cc1cc(CNC(=O)C2(C)Sc3ccccc3NC2=O)nn1C. The van der Waals surface area contributed by atoms with E-state index in [2.05, 4.69) is 15.7 Å². The van der Waals surface area contributed by atoms with E-state index in [1.165, 1.54) is 11.8 Å². The van der Waals surface area contributed by atoms with E-state index in [1.54, 1.807) is 11.6 Å². The summed E-state index contributed by atoms with van der Waals surface area (Å²) in [5, 5.41) is 9.92. The molecule has 0 spiro atoms. The summed E-state index contributed by atoms with van der Waals surface area (Å²) in [5.74, 6) is -0.631. The molecular formula is C16H18N4O2S. The van der Waals surface area contributed by atoms with E-state index >= 15 is 0 Å². The number of amides is 2. The third kappa shape index (κ3) is 2.84. The Balaban J connectivity index is 1.74. The zero-order valence-corrected chi connectivity index (χ0v) is 14.0. The molecule has 1 unspecified atom stereocenters. The van der Waals surface area contributed by atoms with Crippen molar-refractivity contribution in [3.8, 4) is 0 Å². The van der Waals surface area contributed by atoms with Crippen molar-refractivity contribution in [1.29, 1.82) is 0 Å². The van der Waals surface area contributed by atoms with Crippen LogP contribution in [0.1, 0.15) is 18.3 Å². The average molecular weight is 330 g/mol. The summed E-state index contributed by atoms with van der Waals surface area (Å²) in [6.45, 7) is 3.88. The first-order valence-electron chi connectivity index (χ1n) is 7.27. The quantitative estimate of drug-likeness (QED) is 0.842. The maximum atomic E-state index is 12.6. The summed E-state index contributed by atoms with van der Waals surface area (Å²) in [4.78, 5) is 25.8. The Hall–Kier alpha value is -2.28. The molecule has 2 N–H and O–H groups in total. The van der Waals surface area contributed by atoms with Crippen molar-refractivity contribution in [3.05, 3.63) is 41.7 Å². The van der Waals surface area contributed by atoms with Crippen molar-refractivity contribution in [3.63, 3.8) is 0 Å². The second-order valence-electron chi connectivity index (χ2n) is 5.67. The van der Waals surface area contributed by atoms with E-state index in [1.807, 2.05) is 44.3 Å². The van der Waals surface area contributed by atoms with Gasteiger partial charge in [0.1, 0.15) is 0 Å². The molecule has 0 aliphatic carbocycles. The van der Waals surface area contributed by atoms with Crippen molar-refractivity contribution in [1.82, 2.24) is 15.1 Å². The van der Waals surface area contributed by atoms with Gasteiger partial charge in [0.2, 0.25) is 11.8 Å². The molecule has 0 radical (unpaired) electrons. The second kappa shape index (κ2) is 5.73. The van der Waals surface area contributed by atoms with Gasteiger partial charge in [0.15, 0.2) is 4.75 Å². The van der Waals surface area contributed by atoms with E-state index in [9.17, 15) is 9.59 Å². The highest BCUT2D eigenvalue weighted by atomic mass is 32.2. The van der Waals surface area contributed by atoms with Crippen LogP contribution in [-0.4, -0.2) is 26.3 Å². The number of fused-ring (bicyclic) bond motifs is 1. The molecule has 120 valence electrons. The van der Waals surface area contributed by atoms with Crippen LogP contribution in [0.2, 0.25) is 0 Å². The molecule has 1 aromatic carbocycles. The van der Waals surface area contributed by atoms with Gasteiger partial charge in [-0.25, -0.2) is 0 Å². The first-order chi connectivity index (χ1) is 10.9. The molecule has 2 heterocycles. The number of nitrogens with zero attached hydrogens (tertiary/aromatic N) is 2. The van der Waals surface area contributed by atoms with Crippen LogP contribution in [-0.2, 0) is 23.2 Å². The predicted octanol–water partition coefficient (Wildman–Crippen LogP) is 1.85.